The van der Waals surface area contributed by atoms with Crippen LogP contribution in [-0.4, -0.2) is 40.4 Å². The van der Waals surface area contributed by atoms with Crippen LogP contribution in [0, 0.1) is 10.1 Å². The molecule has 2 heterocycles. The van der Waals surface area contributed by atoms with Crippen LogP contribution in [0.1, 0.15) is 6.42 Å². The van der Waals surface area contributed by atoms with E-state index in [1.165, 1.54) is 17.1 Å². The maximum Gasteiger partial charge on any atom is 0.306 e. The molecule has 0 amide bonds. The van der Waals surface area contributed by atoms with Crippen LogP contribution < -0.4 is 20.5 Å². The largest absolute Gasteiger partial charge is 0.490 e. The Balaban J connectivity index is 0.00000243. The molecule has 0 saturated carbocycles. The molecular formula is C15H19IN6O4. The smallest absolute Gasteiger partial charge is 0.306 e. The van der Waals surface area contributed by atoms with Crippen molar-refractivity contribution in [2.45, 2.75) is 13.0 Å². The maximum absolute atomic E-state index is 10.6. The van der Waals surface area contributed by atoms with Crippen LogP contribution in [-0.2, 0) is 6.54 Å². The molecule has 140 valence electrons. The number of nitrogens with two attached hydrogens (primary N) is 1. The lowest BCUT2D eigenvalue weighted by Crippen LogP contribution is -2.23. The first-order valence-corrected chi connectivity index (χ1v) is 7.75. The first-order chi connectivity index (χ1) is 12.1. The Labute approximate surface area is 166 Å². The fourth-order valence-electron chi connectivity index (χ4n) is 2.27. The van der Waals surface area contributed by atoms with Crippen molar-refractivity contribution in [3.63, 3.8) is 0 Å². The van der Waals surface area contributed by atoms with Crippen molar-refractivity contribution in [1.29, 1.82) is 0 Å². The zero-order chi connectivity index (χ0) is 17.6. The summed E-state index contributed by atoms with van der Waals surface area (Å²) in [4.78, 5) is 14.3. The second-order valence-electron chi connectivity index (χ2n) is 5.32. The number of nitro groups is 1. The first-order valence-electron chi connectivity index (χ1n) is 7.75. The molecule has 0 fully saturated rings. The molecule has 3 N–H and O–H groups in total. The Bertz CT molecular complexity index is 794. The Morgan fingerprint density at radius 3 is 2.88 bits per heavy atom. The lowest BCUT2D eigenvalue weighted by molar-refractivity contribution is -0.385. The van der Waals surface area contributed by atoms with Crippen molar-refractivity contribution in [2.75, 3.05) is 25.1 Å². The maximum atomic E-state index is 10.6. The van der Waals surface area contributed by atoms with Gasteiger partial charge < -0.3 is 20.5 Å². The standard InChI is InChI=1S/C15H18N6O4.HI/c16-15(17-4-5-20-10-12(9-18-20)21(22)23)19-11-2-3-13-14(8-11)25-7-1-6-24-13;/h2-3,8-10H,1,4-7H2,(H3,16,17,19);1H. The monoisotopic (exact) mass is 474 g/mol. The molecule has 0 unspecified atom stereocenters. The quantitative estimate of drug-likeness (QED) is 0.223. The van der Waals surface area contributed by atoms with E-state index >= 15 is 0 Å². The van der Waals surface area contributed by atoms with E-state index in [1.807, 2.05) is 12.1 Å². The average Bonchev–Trinajstić information content (AvgIpc) is 2.93. The van der Waals surface area contributed by atoms with Gasteiger partial charge in [-0.2, -0.15) is 5.10 Å². The molecule has 0 atom stereocenters. The van der Waals surface area contributed by atoms with Crippen molar-refractivity contribution in [3.05, 3.63) is 40.7 Å². The number of rotatable bonds is 5. The van der Waals surface area contributed by atoms with Crippen molar-refractivity contribution in [2.24, 2.45) is 10.7 Å². The number of aromatic nitrogens is 2. The number of ether oxygens (including phenoxy) is 2. The van der Waals surface area contributed by atoms with Crippen LogP contribution in [0.3, 0.4) is 0 Å². The summed E-state index contributed by atoms with van der Waals surface area (Å²) in [6, 6.07) is 5.45. The second kappa shape index (κ2) is 9.22. The summed E-state index contributed by atoms with van der Waals surface area (Å²) in [7, 11) is 0. The Kier molecular flexibility index (Phi) is 7.00. The van der Waals surface area contributed by atoms with Crippen LogP contribution >= 0.6 is 24.0 Å². The summed E-state index contributed by atoms with van der Waals surface area (Å²) in [6.07, 6.45) is 3.39. The number of aliphatic imine (C=N–C) groups is 1. The third-order valence-electron chi connectivity index (χ3n) is 3.46. The molecule has 10 nitrogen and oxygen atoms in total. The fourth-order valence-corrected chi connectivity index (χ4v) is 2.27. The Hall–Kier alpha value is -2.57. The summed E-state index contributed by atoms with van der Waals surface area (Å²) in [5.41, 5.74) is 6.54. The van der Waals surface area contributed by atoms with Crippen LogP contribution in [0.5, 0.6) is 11.5 Å². The number of hydrogen-bond donors (Lipinski definition) is 2. The van der Waals surface area contributed by atoms with Gasteiger partial charge in [-0.1, -0.05) is 0 Å². The van der Waals surface area contributed by atoms with E-state index < -0.39 is 4.92 Å². The SMILES string of the molecule is I.NC(=NCCn1cc([N+](=O)[O-])cn1)Nc1ccc2c(c1)OCCCO2. The highest BCUT2D eigenvalue weighted by atomic mass is 127. The number of anilines is 1. The highest BCUT2D eigenvalue weighted by Gasteiger charge is 2.11. The zero-order valence-corrected chi connectivity index (χ0v) is 16.2. The first kappa shape index (κ1) is 19.8. The van der Waals surface area contributed by atoms with Crippen molar-refractivity contribution >= 4 is 41.3 Å². The van der Waals surface area contributed by atoms with Gasteiger partial charge in [-0.15, -0.1) is 24.0 Å². The molecule has 2 aromatic rings. The normalized spacial score (nSPS) is 13.5. The molecule has 0 saturated heterocycles. The van der Waals surface area contributed by atoms with E-state index in [4.69, 9.17) is 15.2 Å². The summed E-state index contributed by atoms with van der Waals surface area (Å²) in [5, 5.41) is 17.5. The van der Waals surface area contributed by atoms with Gasteiger partial charge in [0, 0.05) is 18.2 Å². The van der Waals surface area contributed by atoms with Crippen LogP contribution in [0.2, 0.25) is 0 Å². The topological polar surface area (TPSA) is 130 Å². The fraction of sp³-hybridized carbons (Fsp3) is 0.333. The van der Waals surface area contributed by atoms with E-state index in [1.54, 1.807) is 6.07 Å². The van der Waals surface area contributed by atoms with E-state index in [-0.39, 0.29) is 35.6 Å². The number of halogens is 1. The molecule has 0 aliphatic carbocycles. The van der Waals surface area contributed by atoms with Crippen LogP contribution in [0.15, 0.2) is 35.6 Å². The summed E-state index contributed by atoms with van der Waals surface area (Å²) >= 11 is 0. The molecule has 1 aromatic carbocycles. The second-order valence-corrected chi connectivity index (χ2v) is 5.32. The van der Waals surface area contributed by atoms with Gasteiger partial charge in [0.25, 0.3) is 0 Å². The average molecular weight is 474 g/mol. The lowest BCUT2D eigenvalue weighted by atomic mass is 10.3. The van der Waals surface area contributed by atoms with E-state index in [0.717, 1.165) is 12.1 Å². The molecule has 3 rings (SSSR count). The zero-order valence-electron chi connectivity index (χ0n) is 13.8. The highest BCUT2D eigenvalue weighted by Crippen LogP contribution is 2.32. The number of nitrogens with zero attached hydrogens (tertiary/aromatic N) is 4. The summed E-state index contributed by atoms with van der Waals surface area (Å²) in [6.45, 7) is 1.96. The lowest BCUT2D eigenvalue weighted by Gasteiger charge is -2.10. The highest BCUT2D eigenvalue weighted by molar-refractivity contribution is 14.0. The van der Waals surface area contributed by atoms with Crippen molar-refractivity contribution in [1.82, 2.24) is 9.78 Å². The molecule has 1 aromatic heterocycles. The summed E-state index contributed by atoms with van der Waals surface area (Å²) in [5.74, 6) is 1.61. The number of nitrogens with one attached hydrogen (secondary N) is 1. The number of benzene rings is 1. The number of hydrogen-bond acceptors (Lipinski definition) is 6. The van der Waals surface area contributed by atoms with Crippen LogP contribution in [0.4, 0.5) is 11.4 Å². The van der Waals surface area contributed by atoms with Crippen molar-refractivity contribution < 1.29 is 14.4 Å². The van der Waals surface area contributed by atoms with Gasteiger partial charge in [0.1, 0.15) is 12.4 Å². The van der Waals surface area contributed by atoms with Crippen molar-refractivity contribution in [3.8, 4) is 11.5 Å². The van der Waals surface area contributed by atoms with Gasteiger partial charge in [0.15, 0.2) is 17.5 Å². The van der Waals surface area contributed by atoms with Crippen LogP contribution in [0.25, 0.3) is 0 Å². The Morgan fingerprint density at radius 2 is 2.15 bits per heavy atom. The van der Waals surface area contributed by atoms with Gasteiger partial charge in [-0.05, 0) is 12.1 Å². The minimum Gasteiger partial charge on any atom is -0.490 e. The third-order valence-corrected chi connectivity index (χ3v) is 3.46. The molecule has 0 bridgehead atoms. The van der Waals surface area contributed by atoms with E-state index in [2.05, 4.69) is 15.4 Å². The summed E-state index contributed by atoms with van der Waals surface area (Å²) < 4.78 is 12.6. The van der Waals surface area contributed by atoms with E-state index in [9.17, 15) is 10.1 Å². The van der Waals surface area contributed by atoms with Gasteiger partial charge in [0.2, 0.25) is 0 Å². The number of fused-ring (bicyclic) bond motifs is 1. The van der Waals surface area contributed by atoms with Gasteiger partial charge in [0.05, 0.1) is 31.2 Å². The molecule has 11 heteroatoms. The molecule has 0 radical (unpaired) electrons. The molecular weight excluding hydrogens is 455 g/mol. The van der Waals surface area contributed by atoms with Gasteiger partial charge in [-0.3, -0.25) is 19.8 Å². The Morgan fingerprint density at radius 1 is 1.38 bits per heavy atom. The minimum atomic E-state index is -0.493. The predicted molar refractivity (Wildman–Crippen MR) is 106 cm³/mol. The molecule has 26 heavy (non-hydrogen) atoms. The predicted octanol–water partition coefficient (Wildman–Crippen LogP) is 2.00. The third kappa shape index (κ3) is 5.21. The molecule has 1 aliphatic heterocycles. The molecule has 0 spiro atoms. The minimum absolute atomic E-state index is 0. The van der Waals surface area contributed by atoms with E-state index in [0.29, 0.717) is 37.8 Å². The van der Waals surface area contributed by atoms with Gasteiger partial charge in [-0.25, -0.2) is 0 Å². The van der Waals surface area contributed by atoms with Gasteiger partial charge >= 0.3 is 5.69 Å². The number of guanidine groups is 1. The molecule has 1 aliphatic rings.